The van der Waals surface area contributed by atoms with Gasteiger partial charge in [0.2, 0.25) is 0 Å². The molecule has 3 heteroatoms. The first-order valence-electron chi connectivity index (χ1n) is 5.96. The molecule has 1 rings (SSSR count). The van der Waals surface area contributed by atoms with Crippen molar-refractivity contribution in [1.82, 2.24) is 10.2 Å². The summed E-state index contributed by atoms with van der Waals surface area (Å²) < 4.78 is 5.05. The van der Waals surface area contributed by atoms with E-state index in [9.17, 15) is 0 Å². The monoisotopic (exact) mass is 214 g/mol. The van der Waals surface area contributed by atoms with Crippen LogP contribution in [0.4, 0.5) is 0 Å². The lowest BCUT2D eigenvalue weighted by molar-refractivity contribution is 0.134. The molecule has 0 aromatic carbocycles. The number of rotatable bonds is 5. The van der Waals surface area contributed by atoms with Crippen LogP contribution >= 0.6 is 0 Å². The van der Waals surface area contributed by atoms with Crippen molar-refractivity contribution in [1.29, 1.82) is 0 Å². The van der Waals surface area contributed by atoms with Crippen molar-refractivity contribution in [3.05, 3.63) is 0 Å². The summed E-state index contributed by atoms with van der Waals surface area (Å²) in [6, 6.07) is 1.26. The van der Waals surface area contributed by atoms with E-state index in [1.54, 1.807) is 7.11 Å². The van der Waals surface area contributed by atoms with Crippen LogP contribution in [0.5, 0.6) is 0 Å². The van der Waals surface area contributed by atoms with Gasteiger partial charge in [-0.1, -0.05) is 0 Å². The highest BCUT2D eigenvalue weighted by Crippen LogP contribution is 2.30. The van der Waals surface area contributed by atoms with Gasteiger partial charge in [-0.2, -0.15) is 0 Å². The van der Waals surface area contributed by atoms with Gasteiger partial charge in [0.25, 0.3) is 0 Å². The number of hydrogen-bond acceptors (Lipinski definition) is 3. The Hall–Kier alpha value is -0.120. The Labute approximate surface area is 94.2 Å². The molecule has 1 aliphatic heterocycles. The topological polar surface area (TPSA) is 24.5 Å². The fraction of sp³-hybridized carbons (Fsp3) is 1.00. The van der Waals surface area contributed by atoms with Crippen LogP contribution in [-0.2, 0) is 4.74 Å². The highest BCUT2D eigenvalue weighted by molar-refractivity contribution is 4.97. The molecule has 0 unspecified atom stereocenters. The van der Waals surface area contributed by atoms with Crippen molar-refractivity contribution >= 4 is 0 Å². The minimum Gasteiger partial charge on any atom is -0.383 e. The van der Waals surface area contributed by atoms with Crippen molar-refractivity contribution in [2.24, 2.45) is 0 Å². The van der Waals surface area contributed by atoms with Crippen LogP contribution in [0.15, 0.2) is 0 Å². The van der Waals surface area contributed by atoms with Gasteiger partial charge in [0.05, 0.1) is 6.61 Å². The Bertz CT molecular complexity index is 192. The third kappa shape index (κ3) is 3.44. The van der Waals surface area contributed by atoms with E-state index >= 15 is 0 Å². The largest absolute Gasteiger partial charge is 0.383 e. The molecule has 0 aromatic heterocycles. The standard InChI is InChI=1S/C12H26N2O/c1-10(2)14-9-11(8-12(14,3)4)13-6-7-15-5/h10-11,13H,6-9H2,1-5H3/t11-/m0/s1. The molecule has 0 aromatic rings. The summed E-state index contributed by atoms with van der Waals surface area (Å²) in [7, 11) is 1.75. The molecule has 0 radical (unpaired) electrons. The predicted molar refractivity (Wildman–Crippen MR) is 64.2 cm³/mol. The summed E-state index contributed by atoms with van der Waals surface area (Å²) in [5.74, 6) is 0. The minimum atomic E-state index is 0.332. The second kappa shape index (κ2) is 5.28. The fourth-order valence-electron chi connectivity index (χ4n) is 2.68. The molecular weight excluding hydrogens is 188 g/mol. The van der Waals surface area contributed by atoms with E-state index in [1.807, 2.05) is 0 Å². The molecule has 90 valence electrons. The van der Waals surface area contributed by atoms with E-state index in [-0.39, 0.29) is 0 Å². The second-order valence-electron chi connectivity index (χ2n) is 5.41. The highest BCUT2D eigenvalue weighted by Gasteiger charge is 2.38. The molecule has 1 aliphatic rings. The van der Waals surface area contributed by atoms with E-state index in [2.05, 4.69) is 37.9 Å². The predicted octanol–water partition coefficient (Wildman–Crippen LogP) is 1.48. The Kier molecular flexibility index (Phi) is 4.56. The first-order valence-corrected chi connectivity index (χ1v) is 5.96. The van der Waals surface area contributed by atoms with Crippen LogP contribution in [0.1, 0.15) is 34.1 Å². The molecule has 1 atom stereocenters. The number of ether oxygens (including phenoxy) is 1. The SMILES string of the molecule is COCCN[C@@H]1CN(C(C)C)C(C)(C)C1. The van der Waals surface area contributed by atoms with Gasteiger partial charge in [-0.05, 0) is 34.1 Å². The lowest BCUT2D eigenvalue weighted by Gasteiger charge is -2.34. The van der Waals surface area contributed by atoms with Crippen LogP contribution in [0, 0.1) is 0 Å². The van der Waals surface area contributed by atoms with Crippen molar-refractivity contribution in [2.45, 2.75) is 51.7 Å². The number of methoxy groups -OCH3 is 1. The third-order valence-corrected chi connectivity index (χ3v) is 3.30. The van der Waals surface area contributed by atoms with Gasteiger partial charge in [-0.15, -0.1) is 0 Å². The highest BCUT2D eigenvalue weighted by atomic mass is 16.5. The molecule has 1 fully saturated rings. The first-order chi connectivity index (χ1) is 6.97. The summed E-state index contributed by atoms with van der Waals surface area (Å²) in [5.41, 5.74) is 0.332. The van der Waals surface area contributed by atoms with Gasteiger partial charge in [0, 0.05) is 37.8 Å². The smallest absolute Gasteiger partial charge is 0.0587 e. The average molecular weight is 214 g/mol. The number of likely N-dealkylation sites (tertiary alicyclic amines) is 1. The zero-order valence-corrected chi connectivity index (χ0v) is 10.8. The summed E-state index contributed by atoms with van der Waals surface area (Å²) in [5, 5.41) is 3.56. The Morgan fingerprint density at radius 3 is 2.60 bits per heavy atom. The van der Waals surface area contributed by atoms with E-state index < -0.39 is 0 Å². The lowest BCUT2D eigenvalue weighted by atomic mass is 9.99. The maximum atomic E-state index is 5.05. The molecule has 1 N–H and O–H groups in total. The van der Waals surface area contributed by atoms with E-state index in [4.69, 9.17) is 4.74 Å². The summed E-state index contributed by atoms with van der Waals surface area (Å²) >= 11 is 0. The summed E-state index contributed by atoms with van der Waals surface area (Å²) in [4.78, 5) is 2.58. The third-order valence-electron chi connectivity index (χ3n) is 3.30. The molecule has 15 heavy (non-hydrogen) atoms. The van der Waals surface area contributed by atoms with Gasteiger partial charge in [0.15, 0.2) is 0 Å². The van der Waals surface area contributed by atoms with E-state index in [0.717, 1.165) is 19.7 Å². The van der Waals surface area contributed by atoms with Crippen molar-refractivity contribution in [2.75, 3.05) is 26.8 Å². The molecule has 0 saturated carbocycles. The van der Waals surface area contributed by atoms with Gasteiger partial charge >= 0.3 is 0 Å². The average Bonchev–Trinajstić information content (AvgIpc) is 2.41. The molecular formula is C12H26N2O. The van der Waals surface area contributed by atoms with Gasteiger partial charge < -0.3 is 10.1 Å². The second-order valence-corrected chi connectivity index (χ2v) is 5.41. The number of hydrogen-bond donors (Lipinski definition) is 1. The Morgan fingerprint density at radius 1 is 1.47 bits per heavy atom. The van der Waals surface area contributed by atoms with Gasteiger partial charge in [0.1, 0.15) is 0 Å². The van der Waals surface area contributed by atoms with Crippen LogP contribution in [0.25, 0.3) is 0 Å². The molecule has 1 saturated heterocycles. The van der Waals surface area contributed by atoms with Crippen molar-refractivity contribution < 1.29 is 4.74 Å². The molecule has 3 nitrogen and oxygen atoms in total. The molecule has 0 aliphatic carbocycles. The number of nitrogens with one attached hydrogen (secondary N) is 1. The quantitative estimate of drug-likeness (QED) is 0.702. The lowest BCUT2D eigenvalue weighted by Crippen LogP contribution is -2.43. The minimum absolute atomic E-state index is 0.332. The normalized spacial score (nSPS) is 26.4. The van der Waals surface area contributed by atoms with Crippen LogP contribution in [0.3, 0.4) is 0 Å². The van der Waals surface area contributed by atoms with Crippen molar-refractivity contribution in [3.63, 3.8) is 0 Å². The summed E-state index contributed by atoms with van der Waals surface area (Å²) in [6.45, 7) is 12.2. The Morgan fingerprint density at radius 2 is 2.13 bits per heavy atom. The molecule has 0 bridgehead atoms. The number of nitrogens with zero attached hydrogens (tertiary/aromatic N) is 1. The van der Waals surface area contributed by atoms with Gasteiger partial charge in [-0.3, -0.25) is 4.90 Å². The van der Waals surface area contributed by atoms with Crippen molar-refractivity contribution in [3.8, 4) is 0 Å². The van der Waals surface area contributed by atoms with Gasteiger partial charge in [-0.25, -0.2) is 0 Å². The molecule has 1 heterocycles. The van der Waals surface area contributed by atoms with Crippen LogP contribution in [-0.4, -0.2) is 49.3 Å². The maximum absolute atomic E-state index is 5.05. The Balaban J connectivity index is 2.40. The summed E-state index contributed by atoms with van der Waals surface area (Å²) in [6.07, 6.45) is 1.23. The van der Waals surface area contributed by atoms with Crippen LogP contribution < -0.4 is 5.32 Å². The molecule has 0 amide bonds. The zero-order chi connectivity index (χ0) is 11.5. The van der Waals surface area contributed by atoms with Crippen LogP contribution in [0.2, 0.25) is 0 Å². The zero-order valence-electron chi connectivity index (χ0n) is 10.8. The molecule has 0 spiro atoms. The first kappa shape index (κ1) is 12.9. The fourth-order valence-corrected chi connectivity index (χ4v) is 2.68. The maximum Gasteiger partial charge on any atom is 0.0587 e. The van der Waals surface area contributed by atoms with E-state index in [1.165, 1.54) is 6.42 Å². The van der Waals surface area contributed by atoms with E-state index in [0.29, 0.717) is 17.6 Å².